The lowest BCUT2D eigenvalue weighted by molar-refractivity contribution is 0.142. The highest BCUT2D eigenvalue weighted by Crippen LogP contribution is 2.30. The maximum atomic E-state index is 13.3. The van der Waals surface area contributed by atoms with Crippen LogP contribution in [-0.2, 0) is 0 Å². The molecule has 1 amide bonds. The second kappa shape index (κ2) is 7.19. The van der Waals surface area contributed by atoms with Gasteiger partial charge >= 0.3 is 6.09 Å². The van der Waals surface area contributed by atoms with Gasteiger partial charge in [0.15, 0.2) is 11.5 Å². The van der Waals surface area contributed by atoms with E-state index in [-0.39, 0.29) is 5.82 Å². The van der Waals surface area contributed by atoms with Crippen LogP contribution in [0.4, 0.5) is 15.0 Å². The predicted molar refractivity (Wildman–Crippen MR) is 112 cm³/mol. The summed E-state index contributed by atoms with van der Waals surface area (Å²) in [5, 5.41) is 14.0. The Morgan fingerprint density at radius 3 is 2.36 bits per heavy atom. The van der Waals surface area contributed by atoms with Crippen molar-refractivity contribution in [2.45, 2.75) is 13.8 Å². The molecule has 0 radical (unpaired) electrons. The fourth-order valence-electron chi connectivity index (χ4n) is 3.43. The number of fused-ring (bicyclic) bond motifs is 1. The van der Waals surface area contributed by atoms with E-state index in [0.717, 1.165) is 37.5 Å². The standard InChI is InChI=1S/C19H19FIN5O2/c1-11-12(2)18(24-7-9-25(10-8-24)19(27)28)23-26-16(21)15(22-17(11)26)13-3-5-14(20)6-4-13/h3-6H,7-10H2,1-2H3,(H,27,28). The normalized spacial score (nSPS) is 14.7. The van der Waals surface area contributed by atoms with Crippen molar-refractivity contribution in [2.75, 3.05) is 31.1 Å². The molecule has 0 aliphatic carbocycles. The van der Waals surface area contributed by atoms with Gasteiger partial charge in [-0.2, -0.15) is 0 Å². The van der Waals surface area contributed by atoms with Crippen LogP contribution in [0.5, 0.6) is 0 Å². The molecule has 2 aromatic heterocycles. The molecule has 1 aromatic carbocycles. The molecule has 3 heterocycles. The highest BCUT2D eigenvalue weighted by atomic mass is 127. The minimum atomic E-state index is -0.885. The summed E-state index contributed by atoms with van der Waals surface area (Å²) in [7, 11) is 0. The first-order valence-electron chi connectivity index (χ1n) is 8.91. The highest BCUT2D eigenvalue weighted by Gasteiger charge is 2.25. The number of amides is 1. The molecule has 1 aliphatic rings. The van der Waals surface area contributed by atoms with Gasteiger partial charge in [0.25, 0.3) is 0 Å². The number of nitrogens with zero attached hydrogens (tertiary/aromatic N) is 5. The van der Waals surface area contributed by atoms with E-state index in [1.807, 2.05) is 18.4 Å². The molecule has 1 N–H and O–H groups in total. The molecule has 0 spiro atoms. The van der Waals surface area contributed by atoms with Gasteiger partial charge in [-0.25, -0.2) is 18.7 Å². The van der Waals surface area contributed by atoms with Gasteiger partial charge in [0.2, 0.25) is 0 Å². The van der Waals surface area contributed by atoms with Gasteiger partial charge in [0, 0.05) is 42.9 Å². The van der Waals surface area contributed by atoms with Gasteiger partial charge in [0.1, 0.15) is 15.2 Å². The Labute approximate surface area is 174 Å². The third-order valence-electron chi connectivity index (χ3n) is 5.20. The molecule has 1 fully saturated rings. The largest absolute Gasteiger partial charge is 0.465 e. The SMILES string of the molecule is Cc1c(N2CCN(C(=O)O)CC2)nn2c(I)c(-c3ccc(F)cc3)nc2c1C. The molecular weight excluding hydrogens is 476 g/mol. The van der Waals surface area contributed by atoms with Gasteiger partial charge in [-0.05, 0) is 60.7 Å². The molecule has 1 aliphatic heterocycles. The van der Waals surface area contributed by atoms with E-state index in [9.17, 15) is 9.18 Å². The van der Waals surface area contributed by atoms with Crippen LogP contribution < -0.4 is 4.90 Å². The van der Waals surface area contributed by atoms with Crippen molar-refractivity contribution < 1.29 is 14.3 Å². The summed E-state index contributed by atoms with van der Waals surface area (Å²) >= 11 is 2.21. The van der Waals surface area contributed by atoms with Crippen LogP contribution in [0.1, 0.15) is 11.1 Å². The Balaban J connectivity index is 1.76. The second-order valence-corrected chi connectivity index (χ2v) is 7.85. The summed E-state index contributed by atoms with van der Waals surface area (Å²) in [6.07, 6.45) is -0.885. The Kier molecular flexibility index (Phi) is 4.86. The van der Waals surface area contributed by atoms with Crippen LogP contribution in [0.25, 0.3) is 16.9 Å². The zero-order valence-corrected chi connectivity index (χ0v) is 17.6. The molecule has 0 saturated carbocycles. The van der Waals surface area contributed by atoms with Crippen molar-refractivity contribution in [3.63, 3.8) is 0 Å². The Morgan fingerprint density at radius 2 is 1.75 bits per heavy atom. The quantitative estimate of drug-likeness (QED) is 0.551. The maximum absolute atomic E-state index is 13.3. The van der Waals surface area contributed by atoms with Crippen LogP contribution in [0.2, 0.25) is 0 Å². The second-order valence-electron chi connectivity index (χ2n) is 6.82. The third kappa shape index (κ3) is 3.17. The van der Waals surface area contributed by atoms with Crippen molar-refractivity contribution in [2.24, 2.45) is 0 Å². The van der Waals surface area contributed by atoms with Crippen LogP contribution in [-0.4, -0.2) is 56.9 Å². The number of carbonyl (C=O) groups is 1. The number of hydrogen-bond donors (Lipinski definition) is 1. The minimum Gasteiger partial charge on any atom is -0.465 e. The van der Waals surface area contributed by atoms with E-state index in [1.165, 1.54) is 17.0 Å². The number of piperazine rings is 1. The summed E-state index contributed by atoms with van der Waals surface area (Å²) < 4.78 is 15.9. The molecule has 9 heteroatoms. The van der Waals surface area contributed by atoms with Crippen molar-refractivity contribution in [1.29, 1.82) is 0 Å². The number of imidazole rings is 1. The van der Waals surface area contributed by atoms with Crippen LogP contribution >= 0.6 is 22.6 Å². The Hall–Kier alpha value is -2.43. The number of halogens is 2. The topological polar surface area (TPSA) is 74.0 Å². The van der Waals surface area contributed by atoms with E-state index in [4.69, 9.17) is 15.2 Å². The third-order valence-corrected chi connectivity index (χ3v) is 6.16. The van der Waals surface area contributed by atoms with Crippen LogP contribution in [0.15, 0.2) is 24.3 Å². The van der Waals surface area contributed by atoms with E-state index in [2.05, 4.69) is 27.5 Å². The average molecular weight is 495 g/mol. The number of hydrogen-bond acceptors (Lipinski definition) is 4. The number of rotatable bonds is 2. The number of benzene rings is 1. The molecule has 3 aromatic rings. The van der Waals surface area contributed by atoms with Crippen LogP contribution in [0, 0.1) is 23.4 Å². The smallest absolute Gasteiger partial charge is 0.407 e. The summed E-state index contributed by atoms with van der Waals surface area (Å²) in [6.45, 7) is 6.13. The maximum Gasteiger partial charge on any atom is 0.407 e. The minimum absolute atomic E-state index is 0.282. The number of carboxylic acid groups (broad SMARTS) is 1. The molecule has 28 heavy (non-hydrogen) atoms. The molecule has 7 nitrogen and oxygen atoms in total. The van der Waals surface area contributed by atoms with E-state index in [1.54, 1.807) is 12.1 Å². The van der Waals surface area contributed by atoms with Crippen molar-refractivity contribution >= 4 is 40.1 Å². The predicted octanol–water partition coefficient (Wildman–Crippen LogP) is 3.56. The van der Waals surface area contributed by atoms with Crippen molar-refractivity contribution in [1.82, 2.24) is 19.5 Å². The summed E-state index contributed by atoms with van der Waals surface area (Å²) in [5.41, 5.74) is 4.43. The first-order valence-corrected chi connectivity index (χ1v) is 9.99. The Morgan fingerprint density at radius 1 is 1.11 bits per heavy atom. The van der Waals surface area contributed by atoms with E-state index in [0.29, 0.717) is 26.2 Å². The van der Waals surface area contributed by atoms with Gasteiger partial charge in [-0.15, -0.1) is 5.10 Å². The average Bonchev–Trinajstić information content (AvgIpc) is 3.02. The molecule has 1 saturated heterocycles. The van der Waals surface area contributed by atoms with Gasteiger partial charge in [0.05, 0.1) is 0 Å². The summed E-state index contributed by atoms with van der Waals surface area (Å²) in [5.74, 6) is 0.562. The molecule has 0 atom stereocenters. The number of aromatic nitrogens is 3. The lowest BCUT2D eigenvalue weighted by Crippen LogP contribution is -2.49. The molecule has 146 valence electrons. The van der Waals surface area contributed by atoms with E-state index < -0.39 is 6.09 Å². The lowest BCUT2D eigenvalue weighted by atomic mass is 10.1. The molecule has 0 bridgehead atoms. The van der Waals surface area contributed by atoms with Gasteiger partial charge in [-0.1, -0.05) is 0 Å². The molecule has 4 rings (SSSR count). The summed E-state index contributed by atoms with van der Waals surface area (Å²) in [6, 6.07) is 6.28. The number of aryl methyl sites for hydroxylation is 1. The monoisotopic (exact) mass is 495 g/mol. The highest BCUT2D eigenvalue weighted by molar-refractivity contribution is 14.1. The Bertz CT molecular complexity index is 1060. The first kappa shape index (κ1) is 18.9. The fraction of sp³-hybridized carbons (Fsp3) is 0.316. The zero-order chi connectivity index (χ0) is 20.0. The first-order chi connectivity index (χ1) is 13.4. The van der Waals surface area contributed by atoms with Gasteiger partial charge < -0.3 is 14.9 Å². The lowest BCUT2D eigenvalue weighted by Gasteiger charge is -2.34. The molecular formula is C19H19FIN5O2. The number of anilines is 1. The van der Waals surface area contributed by atoms with Gasteiger partial charge in [-0.3, -0.25) is 0 Å². The van der Waals surface area contributed by atoms with E-state index >= 15 is 0 Å². The van der Waals surface area contributed by atoms with Crippen LogP contribution in [0.3, 0.4) is 0 Å². The summed E-state index contributed by atoms with van der Waals surface area (Å²) in [4.78, 5) is 19.5. The molecule has 0 unspecified atom stereocenters. The fourth-order valence-corrected chi connectivity index (χ4v) is 4.20. The van der Waals surface area contributed by atoms with Crippen molar-refractivity contribution in [3.8, 4) is 11.3 Å². The zero-order valence-electron chi connectivity index (χ0n) is 15.5. The van der Waals surface area contributed by atoms with Crippen molar-refractivity contribution in [3.05, 3.63) is 44.9 Å².